The quantitative estimate of drug-likeness (QED) is 0.831. The van der Waals surface area contributed by atoms with E-state index in [1.165, 1.54) is 0 Å². The largest absolute Gasteiger partial charge is 0.493 e. The molecule has 0 spiro atoms. The molecule has 0 fully saturated rings. The van der Waals surface area contributed by atoms with Gasteiger partial charge in [0.2, 0.25) is 0 Å². The number of aromatic nitrogens is 2. The van der Waals surface area contributed by atoms with Crippen LogP contribution in [0.15, 0.2) is 43.0 Å². The van der Waals surface area contributed by atoms with Gasteiger partial charge in [0, 0.05) is 37.5 Å². The minimum Gasteiger partial charge on any atom is -0.493 e. The number of urea groups is 1. The summed E-state index contributed by atoms with van der Waals surface area (Å²) in [4.78, 5) is 16.0. The predicted molar refractivity (Wildman–Crippen MR) is 82.7 cm³/mol. The fraction of sp³-hybridized carbons (Fsp3) is 0.375. The van der Waals surface area contributed by atoms with Crippen molar-refractivity contribution in [3.8, 4) is 5.75 Å². The summed E-state index contributed by atoms with van der Waals surface area (Å²) in [6.45, 7) is 2.11. The van der Waals surface area contributed by atoms with E-state index in [0.717, 1.165) is 30.7 Å². The van der Waals surface area contributed by atoms with E-state index in [4.69, 9.17) is 4.74 Å². The zero-order valence-electron chi connectivity index (χ0n) is 12.4. The van der Waals surface area contributed by atoms with Crippen LogP contribution in [-0.2, 0) is 6.54 Å². The normalized spacial score (nSPS) is 16.5. The number of hydrogen-bond donors (Lipinski definition) is 2. The number of imidazole rings is 1. The predicted octanol–water partition coefficient (Wildman–Crippen LogP) is 2.10. The second-order valence-corrected chi connectivity index (χ2v) is 5.28. The van der Waals surface area contributed by atoms with Crippen molar-refractivity contribution in [1.29, 1.82) is 0 Å². The van der Waals surface area contributed by atoms with Gasteiger partial charge >= 0.3 is 6.03 Å². The lowest BCUT2D eigenvalue weighted by Crippen LogP contribution is -2.40. The standard InChI is InChI=1S/C16H20N4O2/c21-16(18-7-3-9-20-10-8-17-12-20)19-14-6-11-22-15-5-2-1-4-13(14)15/h1-2,4-5,8,10,12,14H,3,6-7,9,11H2,(H2,18,19,21). The molecule has 116 valence electrons. The Kier molecular flexibility index (Phi) is 4.58. The van der Waals surface area contributed by atoms with Crippen molar-refractivity contribution in [3.05, 3.63) is 48.5 Å². The highest BCUT2D eigenvalue weighted by Gasteiger charge is 2.22. The molecular formula is C16H20N4O2. The van der Waals surface area contributed by atoms with Crippen LogP contribution in [0.25, 0.3) is 0 Å². The Morgan fingerprint density at radius 2 is 2.32 bits per heavy atom. The van der Waals surface area contributed by atoms with Crippen LogP contribution in [0.4, 0.5) is 4.79 Å². The van der Waals surface area contributed by atoms with Gasteiger partial charge in [-0.15, -0.1) is 0 Å². The number of amides is 2. The summed E-state index contributed by atoms with van der Waals surface area (Å²) < 4.78 is 7.59. The van der Waals surface area contributed by atoms with Gasteiger partial charge in [0.05, 0.1) is 19.0 Å². The highest BCUT2D eigenvalue weighted by atomic mass is 16.5. The zero-order chi connectivity index (χ0) is 15.2. The molecule has 0 radical (unpaired) electrons. The van der Waals surface area contributed by atoms with Gasteiger partial charge in [-0.05, 0) is 12.5 Å². The van der Waals surface area contributed by atoms with Crippen molar-refractivity contribution < 1.29 is 9.53 Å². The second-order valence-electron chi connectivity index (χ2n) is 5.28. The molecule has 0 bridgehead atoms. The Balaban J connectivity index is 1.44. The Labute approximate surface area is 129 Å². The van der Waals surface area contributed by atoms with Crippen molar-refractivity contribution >= 4 is 6.03 Å². The molecule has 1 aliphatic heterocycles. The lowest BCUT2D eigenvalue weighted by atomic mass is 10.0. The van der Waals surface area contributed by atoms with Crippen LogP contribution in [0.5, 0.6) is 5.75 Å². The van der Waals surface area contributed by atoms with Crippen LogP contribution in [-0.4, -0.2) is 28.7 Å². The van der Waals surface area contributed by atoms with Gasteiger partial charge in [-0.1, -0.05) is 18.2 Å². The SMILES string of the molecule is O=C(NCCCn1ccnc1)NC1CCOc2ccccc21. The van der Waals surface area contributed by atoms with Gasteiger partial charge in [0.15, 0.2) is 0 Å². The van der Waals surface area contributed by atoms with E-state index >= 15 is 0 Å². The minimum atomic E-state index is -0.132. The number of para-hydroxylation sites is 1. The van der Waals surface area contributed by atoms with E-state index in [1.807, 2.05) is 35.0 Å². The molecule has 1 atom stereocenters. The molecule has 1 aliphatic rings. The maximum Gasteiger partial charge on any atom is 0.315 e. The van der Waals surface area contributed by atoms with Crippen molar-refractivity contribution in [3.63, 3.8) is 0 Å². The number of benzene rings is 1. The molecule has 2 N–H and O–H groups in total. The average molecular weight is 300 g/mol. The van der Waals surface area contributed by atoms with E-state index in [9.17, 15) is 4.79 Å². The monoisotopic (exact) mass is 300 g/mol. The molecule has 0 aliphatic carbocycles. The smallest absolute Gasteiger partial charge is 0.315 e. The summed E-state index contributed by atoms with van der Waals surface area (Å²) in [5, 5.41) is 5.92. The molecule has 6 heteroatoms. The van der Waals surface area contributed by atoms with Crippen LogP contribution in [0.2, 0.25) is 0 Å². The summed E-state index contributed by atoms with van der Waals surface area (Å²) >= 11 is 0. The summed E-state index contributed by atoms with van der Waals surface area (Å²) in [5.41, 5.74) is 1.04. The Hall–Kier alpha value is -2.50. The molecule has 6 nitrogen and oxygen atoms in total. The lowest BCUT2D eigenvalue weighted by Gasteiger charge is -2.26. The molecule has 3 rings (SSSR count). The van der Waals surface area contributed by atoms with Gasteiger partial charge in [-0.3, -0.25) is 0 Å². The molecule has 22 heavy (non-hydrogen) atoms. The number of aryl methyl sites for hydroxylation is 1. The van der Waals surface area contributed by atoms with Crippen molar-refractivity contribution in [2.75, 3.05) is 13.2 Å². The first kappa shape index (κ1) is 14.4. The number of hydrogen-bond acceptors (Lipinski definition) is 3. The number of carbonyl (C=O) groups excluding carboxylic acids is 1. The average Bonchev–Trinajstić information content (AvgIpc) is 3.05. The van der Waals surface area contributed by atoms with E-state index in [1.54, 1.807) is 12.5 Å². The van der Waals surface area contributed by atoms with Gasteiger partial charge in [-0.2, -0.15) is 0 Å². The molecule has 1 aromatic heterocycles. The molecule has 1 aromatic carbocycles. The molecule has 1 unspecified atom stereocenters. The first-order chi connectivity index (χ1) is 10.8. The molecular weight excluding hydrogens is 280 g/mol. The third-order valence-corrected chi connectivity index (χ3v) is 3.70. The topological polar surface area (TPSA) is 68.2 Å². The van der Waals surface area contributed by atoms with E-state index in [0.29, 0.717) is 13.2 Å². The summed E-state index contributed by atoms with van der Waals surface area (Å²) in [7, 11) is 0. The molecule has 0 saturated heterocycles. The fourth-order valence-electron chi connectivity index (χ4n) is 2.58. The summed E-state index contributed by atoms with van der Waals surface area (Å²) in [6, 6.07) is 7.72. The Morgan fingerprint density at radius 1 is 1.41 bits per heavy atom. The maximum atomic E-state index is 12.0. The van der Waals surface area contributed by atoms with E-state index in [2.05, 4.69) is 15.6 Å². The summed E-state index contributed by atoms with van der Waals surface area (Å²) in [5.74, 6) is 0.860. The summed E-state index contributed by atoms with van der Waals surface area (Å²) in [6.07, 6.45) is 7.11. The molecule has 0 saturated carbocycles. The maximum absolute atomic E-state index is 12.0. The molecule has 2 aromatic rings. The van der Waals surface area contributed by atoms with Gasteiger partial charge in [0.1, 0.15) is 5.75 Å². The number of nitrogens with one attached hydrogen (secondary N) is 2. The van der Waals surface area contributed by atoms with Crippen molar-refractivity contribution in [1.82, 2.24) is 20.2 Å². The van der Waals surface area contributed by atoms with Gasteiger partial charge in [-0.25, -0.2) is 9.78 Å². The first-order valence-electron chi connectivity index (χ1n) is 7.55. The van der Waals surface area contributed by atoms with Gasteiger partial charge < -0.3 is 19.9 Å². The number of fused-ring (bicyclic) bond motifs is 1. The Bertz CT molecular complexity index is 612. The van der Waals surface area contributed by atoms with Crippen molar-refractivity contribution in [2.24, 2.45) is 0 Å². The van der Waals surface area contributed by atoms with Gasteiger partial charge in [0.25, 0.3) is 0 Å². The molecule has 2 amide bonds. The third kappa shape index (κ3) is 3.58. The number of nitrogens with zero attached hydrogens (tertiary/aromatic N) is 2. The highest BCUT2D eigenvalue weighted by Crippen LogP contribution is 2.31. The highest BCUT2D eigenvalue weighted by molar-refractivity contribution is 5.74. The number of rotatable bonds is 5. The minimum absolute atomic E-state index is 0.0126. The second kappa shape index (κ2) is 6.98. The third-order valence-electron chi connectivity index (χ3n) is 3.70. The lowest BCUT2D eigenvalue weighted by molar-refractivity contribution is 0.223. The van der Waals surface area contributed by atoms with E-state index < -0.39 is 0 Å². The number of ether oxygens (including phenoxy) is 1. The van der Waals surface area contributed by atoms with Crippen LogP contribution < -0.4 is 15.4 Å². The molecule has 2 heterocycles. The van der Waals surface area contributed by atoms with E-state index in [-0.39, 0.29) is 12.1 Å². The van der Waals surface area contributed by atoms with Crippen LogP contribution in [0.3, 0.4) is 0 Å². The van der Waals surface area contributed by atoms with Crippen LogP contribution in [0.1, 0.15) is 24.4 Å². The Morgan fingerprint density at radius 3 is 3.18 bits per heavy atom. The number of carbonyl (C=O) groups is 1. The van der Waals surface area contributed by atoms with Crippen LogP contribution >= 0.6 is 0 Å². The zero-order valence-corrected chi connectivity index (χ0v) is 12.4. The fourth-order valence-corrected chi connectivity index (χ4v) is 2.58. The van der Waals surface area contributed by atoms with Crippen molar-refractivity contribution in [2.45, 2.75) is 25.4 Å². The first-order valence-corrected chi connectivity index (χ1v) is 7.55. The van der Waals surface area contributed by atoms with Crippen LogP contribution in [0, 0.1) is 0 Å².